The Labute approximate surface area is 89.5 Å². The van der Waals surface area contributed by atoms with E-state index in [1.54, 1.807) is 12.4 Å². The van der Waals surface area contributed by atoms with Gasteiger partial charge in [0.2, 0.25) is 6.43 Å². The summed E-state index contributed by atoms with van der Waals surface area (Å²) in [5, 5.41) is 0. The van der Waals surface area contributed by atoms with Crippen molar-refractivity contribution in [2.75, 3.05) is 0 Å². The van der Waals surface area contributed by atoms with Gasteiger partial charge in [-0.15, -0.1) is 0 Å². The molecule has 0 spiro atoms. The van der Waals surface area contributed by atoms with E-state index in [-0.39, 0.29) is 18.3 Å². The number of rotatable bonds is 4. The van der Waals surface area contributed by atoms with Crippen molar-refractivity contribution in [1.82, 2.24) is 4.98 Å². The third-order valence-corrected chi connectivity index (χ3v) is 2.56. The summed E-state index contributed by atoms with van der Waals surface area (Å²) in [6.45, 7) is 5.86. The van der Waals surface area contributed by atoms with Gasteiger partial charge in [0.05, 0.1) is 0 Å². The van der Waals surface area contributed by atoms with Crippen molar-refractivity contribution in [2.45, 2.75) is 39.5 Å². The van der Waals surface area contributed by atoms with Crippen LogP contribution in [0.15, 0.2) is 18.5 Å². The summed E-state index contributed by atoms with van der Waals surface area (Å²) in [4.78, 5) is 4.05. The van der Waals surface area contributed by atoms with Gasteiger partial charge in [-0.25, -0.2) is 8.78 Å². The Kier molecular flexibility index (Phi) is 4.18. The minimum absolute atomic E-state index is 0.0806. The van der Waals surface area contributed by atoms with Gasteiger partial charge >= 0.3 is 0 Å². The third kappa shape index (κ3) is 3.57. The molecule has 0 saturated carbocycles. The molecule has 0 saturated heterocycles. The number of aryl methyl sites for hydroxylation is 1. The summed E-state index contributed by atoms with van der Waals surface area (Å²) in [6.07, 6.45) is 1.10. The highest BCUT2D eigenvalue weighted by atomic mass is 19.3. The van der Waals surface area contributed by atoms with Crippen LogP contribution in [-0.4, -0.2) is 11.4 Å². The molecular formula is C12H17F2N. The van der Waals surface area contributed by atoms with Gasteiger partial charge in [0.1, 0.15) is 0 Å². The van der Waals surface area contributed by atoms with E-state index < -0.39 is 6.43 Å². The molecule has 0 fully saturated rings. The van der Waals surface area contributed by atoms with Gasteiger partial charge in [-0.2, -0.15) is 0 Å². The molecule has 84 valence electrons. The first-order valence-corrected chi connectivity index (χ1v) is 5.20. The maximum atomic E-state index is 12.4. The molecule has 0 aliphatic rings. The molecule has 0 N–H and O–H groups in total. The number of aromatic nitrogens is 1. The molecule has 1 nitrogen and oxygen atoms in total. The number of nitrogens with zero attached hydrogens (tertiary/aromatic N) is 1. The Morgan fingerprint density at radius 3 is 2.40 bits per heavy atom. The number of hydrogen-bond donors (Lipinski definition) is 0. The Morgan fingerprint density at radius 1 is 1.27 bits per heavy atom. The molecule has 0 bridgehead atoms. The zero-order valence-corrected chi connectivity index (χ0v) is 9.37. The Bertz CT molecular complexity index is 310. The van der Waals surface area contributed by atoms with Gasteiger partial charge in [-0.05, 0) is 29.9 Å². The lowest BCUT2D eigenvalue weighted by Gasteiger charge is -2.20. The molecule has 1 heterocycles. The number of halogens is 2. The van der Waals surface area contributed by atoms with Crippen molar-refractivity contribution < 1.29 is 8.78 Å². The van der Waals surface area contributed by atoms with Crippen molar-refractivity contribution in [3.05, 3.63) is 29.6 Å². The van der Waals surface area contributed by atoms with Crippen LogP contribution in [0.3, 0.4) is 0 Å². The highest BCUT2D eigenvalue weighted by molar-refractivity contribution is 5.21. The smallest absolute Gasteiger partial charge is 0.239 e. The average Bonchev–Trinajstić information content (AvgIpc) is 2.13. The van der Waals surface area contributed by atoms with Crippen LogP contribution in [0.25, 0.3) is 0 Å². The van der Waals surface area contributed by atoms with E-state index >= 15 is 0 Å². The van der Waals surface area contributed by atoms with Gasteiger partial charge in [0.25, 0.3) is 0 Å². The second-order valence-corrected chi connectivity index (χ2v) is 4.27. The van der Waals surface area contributed by atoms with Gasteiger partial charge in [0.15, 0.2) is 0 Å². The fourth-order valence-corrected chi connectivity index (χ4v) is 1.77. The molecule has 0 aliphatic carbocycles. The molecule has 1 unspecified atom stereocenters. The van der Waals surface area contributed by atoms with E-state index in [4.69, 9.17) is 0 Å². The summed E-state index contributed by atoms with van der Waals surface area (Å²) < 4.78 is 24.8. The Morgan fingerprint density at radius 2 is 1.93 bits per heavy atom. The second-order valence-electron chi connectivity index (χ2n) is 4.27. The molecule has 0 amide bonds. The Balaban J connectivity index is 2.88. The van der Waals surface area contributed by atoms with Crippen molar-refractivity contribution in [1.29, 1.82) is 0 Å². The molecule has 0 radical (unpaired) electrons. The van der Waals surface area contributed by atoms with Crippen LogP contribution in [0.1, 0.15) is 37.3 Å². The summed E-state index contributed by atoms with van der Waals surface area (Å²) >= 11 is 0. The van der Waals surface area contributed by atoms with E-state index in [1.165, 1.54) is 0 Å². The van der Waals surface area contributed by atoms with Crippen molar-refractivity contribution in [3.63, 3.8) is 0 Å². The van der Waals surface area contributed by atoms with Crippen LogP contribution >= 0.6 is 0 Å². The Hall–Kier alpha value is -0.990. The number of pyridine rings is 1. The predicted molar refractivity (Wildman–Crippen MR) is 57.2 cm³/mol. The molecule has 1 aromatic rings. The van der Waals surface area contributed by atoms with Crippen molar-refractivity contribution in [3.8, 4) is 0 Å². The summed E-state index contributed by atoms with van der Waals surface area (Å²) in [6, 6.07) is 1.94. The van der Waals surface area contributed by atoms with E-state index in [0.717, 1.165) is 11.1 Å². The van der Waals surface area contributed by atoms with E-state index in [0.29, 0.717) is 0 Å². The van der Waals surface area contributed by atoms with Crippen LogP contribution in [0.5, 0.6) is 0 Å². The SMILES string of the molecule is Cc1cncc(C(CC(F)F)C(C)C)c1. The molecule has 3 heteroatoms. The van der Waals surface area contributed by atoms with E-state index in [2.05, 4.69) is 4.98 Å². The van der Waals surface area contributed by atoms with E-state index in [9.17, 15) is 8.78 Å². The molecule has 1 rings (SSSR count). The topological polar surface area (TPSA) is 12.9 Å². The zero-order valence-electron chi connectivity index (χ0n) is 9.37. The van der Waals surface area contributed by atoms with Crippen molar-refractivity contribution in [2.24, 2.45) is 5.92 Å². The van der Waals surface area contributed by atoms with Crippen molar-refractivity contribution >= 4 is 0 Å². The van der Waals surface area contributed by atoms with E-state index in [1.807, 2.05) is 26.8 Å². The quantitative estimate of drug-likeness (QED) is 0.741. The average molecular weight is 213 g/mol. The van der Waals surface area contributed by atoms with Gasteiger partial charge in [-0.1, -0.05) is 19.9 Å². The molecule has 1 atom stereocenters. The van der Waals surface area contributed by atoms with Gasteiger partial charge in [0, 0.05) is 18.8 Å². The van der Waals surface area contributed by atoms with Crippen LogP contribution < -0.4 is 0 Å². The number of hydrogen-bond acceptors (Lipinski definition) is 1. The first-order valence-electron chi connectivity index (χ1n) is 5.20. The lowest BCUT2D eigenvalue weighted by atomic mass is 9.86. The molecule has 0 aliphatic heterocycles. The van der Waals surface area contributed by atoms with Crippen LogP contribution in [0, 0.1) is 12.8 Å². The lowest BCUT2D eigenvalue weighted by Crippen LogP contribution is -2.11. The van der Waals surface area contributed by atoms with Crippen LogP contribution in [0.4, 0.5) is 8.78 Å². The first-order chi connectivity index (χ1) is 7.00. The second kappa shape index (κ2) is 5.19. The third-order valence-electron chi connectivity index (χ3n) is 2.56. The van der Waals surface area contributed by atoms with Crippen LogP contribution in [-0.2, 0) is 0 Å². The molecular weight excluding hydrogens is 196 g/mol. The first kappa shape index (κ1) is 12.1. The lowest BCUT2D eigenvalue weighted by molar-refractivity contribution is 0.120. The summed E-state index contributed by atoms with van der Waals surface area (Å²) in [5.74, 6) is 0.111. The molecule has 15 heavy (non-hydrogen) atoms. The summed E-state index contributed by atoms with van der Waals surface area (Å²) in [5.41, 5.74) is 1.94. The highest BCUT2D eigenvalue weighted by Crippen LogP contribution is 2.30. The molecule has 0 aromatic carbocycles. The fourth-order valence-electron chi connectivity index (χ4n) is 1.77. The minimum Gasteiger partial charge on any atom is -0.264 e. The highest BCUT2D eigenvalue weighted by Gasteiger charge is 2.20. The molecule has 1 aromatic heterocycles. The standard InChI is InChI=1S/C12H17F2N/c1-8(2)11(5-12(13)14)10-4-9(3)6-15-7-10/h4,6-8,11-12H,5H2,1-3H3. The predicted octanol–water partition coefficient (Wildman–Crippen LogP) is 3.78. The zero-order chi connectivity index (χ0) is 11.4. The normalized spacial score (nSPS) is 13.5. The maximum absolute atomic E-state index is 12.4. The fraction of sp³-hybridized carbons (Fsp3) is 0.583. The minimum atomic E-state index is -2.25. The van der Waals surface area contributed by atoms with Gasteiger partial charge < -0.3 is 0 Å². The van der Waals surface area contributed by atoms with Gasteiger partial charge in [-0.3, -0.25) is 4.98 Å². The van der Waals surface area contributed by atoms with Crippen LogP contribution in [0.2, 0.25) is 0 Å². The largest absolute Gasteiger partial charge is 0.264 e. The monoisotopic (exact) mass is 213 g/mol. The summed E-state index contributed by atoms with van der Waals surface area (Å²) in [7, 11) is 0. The number of alkyl halides is 2. The maximum Gasteiger partial charge on any atom is 0.239 e.